The Hall–Kier alpha value is -1.82. The third-order valence-corrected chi connectivity index (χ3v) is 6.29. The molecule has 3 aromatic rings. The summed E-state index contributed by atoms with van der Waals surface area (Å²) in [4.78, 5) is 12.7. The maximum Gasteiger partial charge on any atom is 0.239 e. The number of amides is 1. The molecular weight excluding hydrogens is 440 g/mol. The van der Waals surface area contributed by atoms with Crippen LogP contribution >= 0.6 is 27.5 Å². The van der Waals surface area contributed by atoms with Gasteiger partial charge in [-0.15, -0.1) is 0 Å². The minimum atomic E-state index is -0.0975. The van der Waals surface area contributed by atoms with Crippen LogP contribution in [0.2, 0.25) is 5.02 Å². The first kappa shape index (κ1) is 19.5. The molecule has 0 radical (unpaired) electrons. The number of ether oxygens (including phenoxy) is 1. The number of rotatable bonds is 5. The topological polar surface area (TPSA) is 43.3 Å². The van der Waals surface area contributed by atoms with Crippen molar-refractivity contribution in [3.63, 3.8) is 0 Å². The number of aromatic nitrogens is 1. The molecule has 0 spiro atoms. The Balaban J connectivity index is 1.49. The van der Waals surface area contributed by atoms with Crippen molar-refractivity contribution in [3.8, 4) is 0 Å². The van der Waals surface area contributed by atoms with Crippen molar-refractivity contribution in [2.75, 3.05) is 19.8 Å². The van der Waals surface area contributed by atoms with Crippen LogP contribution in [-0.2, 0) is 21.5 Å². The van der Waals surface area contributed by atoms with Crippen LogP contribution in [0.5, 0.6) is 0 Å². The summed E-state index contributed by atoms with van der Waals surface area (Å²) in [7, 11) is 0. The SMILES string of the molecule is O=C(Cn1ccc2ccc(Cl)cc21)NCC1(c2cccc(Br)c2)CCOCC1. The predicted octanol–water partition coefficient (Wildman–Crippen LogP) is 4.92. The fourth-order valence-electron chi connectivity index (χ4n) is 3.92. The van der Waals surface area contributed by atoms with E-state index < -0.39 is 0 Å². The van der Waals surface area contributed by atoms with E-state index in [1.54, 1.807) is 0 Å². The smallest absolute Gasteiger partial charge is 0.239 e. The van der Waals surface area contributed by atoms with Gasteiger partial charge in [0.2, 0.25) is 5.91 Å². The van der Waals surface area contributed by atoms with Gasteiger partial charge in [-0.1, -0.05) is 45.7 Å². The molecule has 1 N–H and O–H groups in total. The van der Waals surface area contributed by atoms with E-state index in [-0.39, 0.29) is 17.9 Å². The summed E-state index contributed by atoms with van der Waals surface area (Å²) in [5.41, 5.74) is 2.11. The van der Waals surface area contributed by atoms with Gasteiger partial charge in [-0.2, -0.15) is 0 Å². The molecule has 28 heavy (non-hydrogen) atoms. The first-order valence-corrected chi connectivity index (χ1v) is 10.6. The van der Waals surface area contributed by atoms with Crippen LogP contribution in [-0.4, -0.2) is 30.2 Å². The van der Waals surface area contributed by atoms with Crippen LogP contribution in [0, 0.1) is 0 Å². The molecule has 0 unspecified atom stereocenters. The first-order valence-electron chi connectivity index (χ1n) is 9.41. The molecule has 2 heterocycles. The Morgan fingerprint density at radius 3 is 2.79 bits per heavy atom. The second-order valence-electron chi connectivity index (χ2n) is 7.33. The lowest BCUT2D eigenvalue weighted by molar-refractivity contribution is -0.122. The molecule has 1 aliphatic heterocycles. The molecule has 6 heteroatoms. The Labute approximate surface area is 177 Å². The maximum atomic E-state index is 12.7. The van der Waals surface area contributed by atoms with Crippen LogP contribution in [0.3, 0.4) is 0 Å². The second-order valence-corrected chi connectivity index (χ2v) is 8.68. The van der Waals surface area contributed by atoms with Gasteiger partial charge >= 0.3 is 0 Å². The van der Waals surface area contributed by atoms with Crippen LogP contribution in [0.15, 0.2) is 59.2 Å². The number of hydrogen-bond donors (Lipinski definition) is 1. The van der Waals surface area contributed by atoms with Crippen LogP contribution < -0.4 is 5.32 Å². The molecule has 0 saturated carbocycles. The highest BCUT2D eigenvalue weighted by Crippen LogP contribution is 2.35. The third kappa shape index (κ3) is 4.12. The summed E-state index contributed by atoms with van der Waals surface area (Å²) in [6.07, 6.45) is 3.72. The zero-order chi connectivity index (χ0) is 19.6. The Morgan fingerprint density at radius 2 is 2.00 bits per heavy atom. The van der Waals surface area contributed by atoms with Crippen molar-refractivity contribution >= 4 is 44.3 Å². The molecule has 0 bridgehead atoms. The summed E-state index contributed by atoms with van der Waals surface area (Å²) in [5.74, 6) is -0.00154. The average Bonchev–Trinajstić information content (AvgIpc) is 3.09. The molecule has 1 aromatic heterocycles. The van der Waals surface area contributed by atoms with Crippen molar-refractivity contribution in [3.05, 3.63) is 69.8 Å². The summed E-state index contributed by atoms with van der Waals surface area (Å²) in [6, 6.07) is 16.1. The Bertz CT molecular complexity index is 995. The molecule has 1 fully saturated rings. The number of nitrogens with one attached hydrogen (secondary N) is 1. The number of hydrogen-bond acceptors (Lipinski definition) is 2. The lowest BCUT2D eigenvalue weighted by atomic mass is 9.74. The molecule has 1 aliphatic rings. The van der Waals surface area contributed by atoms with Gasteiger partial charge in [0.05, 0.1) is 0 Å². The van der Waals surface area contributed by atoms with Gasteiger partial charge in [0.1, 0.15) is 6.54 Å². The van der Waals surface area contributed by atoms with E-state index in [9.17, 15) is 4.79 Å². The lowest BCUT2D eigenvalue weighted by Crippen LogP contribution is -2.45. The van der Waals surface area contributed by atoms with E-state index in [4.69, 9.17) is 16.3 Å². The van der Waals surface area contributed by atoms with Crippen molar-refractivity contribution in [2.45, 2.75) is 24.8 Å². The van der Waals surface area contributed by atoms with E-state index in [1.807, 2.05) is 47.2 Å². The fraction of sp³-hybridized carbons (Fsp3) is 0.318. The zero-order valence-electron chi connectivity index (χ0n) is 15.5. The summed E-state index contributed by atoms with van der Waals surface area (Å²) >= 11 is 9.68. The van der Waals surface area contributed by atoms with Crippen molar-refractivity contribution in [1.29, 1.82) is 0 Å². The number of nitrogens with zero attached hydrogens (tertiary/aromatic N) is 1. The van der Waals surface area contributed by atoms with Crippen LogP contribution in [0.25, 0.3) is 10.9 Å². The number of halogens is 2. The fourth-order valence-corrected chi connectivity index (χ4v) is 4.49. The molecule has 1 amide bonds. The average molecular weight is 462 g/mol. The summed E-state index contributed by atoms with van der Waals surface area (Å²) in [6.45, 7) is 2.30. The van der Waals surface area contributed by atoms with Gasteiger partial charge in [-0.25, -0.2) is 0 Å². The van der Waals surface area contributed by atoms with Crippen LogP contribution in [0.4, 0.5) is 0 Å². The molecule has 2 aromatic carbocycles. The van der Waals surface area contributed by atoms with Gasteiger partial charge in [0, 0.05) is 46.4 Å². The quantitative estimate of drug-likeness (QED) is 0.586. The monoisotopic (exact) mass is 460 g/mol. The summed E-state index contributed by atoms with van der Waals surface area (Å²) < 4.78 is 8.58. The summed E-state index contributed by atoms with van der Waals surface area (Å²) in [5, 5.41) is 4.91. The molecule has 4 rings (SSSR count). The lowest BCUT2D eigenvalue weighted by Gasteiger charge is -2.38. The standard InChI is InChI=1S/C22H22BrClN2O2/c23-18-3-1-2-17(12-18)22(7-10-28-11-8-22)15-25-21(27)14-26-9-6-16-4-5-19(24)13-20(16)26/h1-6,9,12-13H,7-8,10-11,14-15H2,(H,25,27). The first-order chi connectivity index (χ1) is 13.6. The van der Waals surface area contributed by atoms with Crippen molar-refractivity contribution in [1.82, 2.24) is 9.88 Å². The van der Waals surface area contributed by atoms with Crippen molar-refractivity contribution < 1.29 is 9.53 Å². The normalized spacial score (nSPS) is 16.2. The van der Waals surface area contributed by atoms with E-state index in [1.165, 1.54) is 5.56 Å². The molecule has 146 valence electrons. The molecule has 0 aliphatic carbocycles. The van der Waals surface area contributed by atoms with E-state index in [0.717, 1.165) is 28.2 Å². The number of fused-ring (bicyclic) bond motifs is 1. The molecular formula is C22H22BrClN2O2. The predicted molar refractivity (Wildman–Crippen MR) is 116 cm³/mol. The minimum absolute atomic E-state index is 0.00154. The van der Waals surface area contributed by atoms with Crippen LogP contribution in [0.1, 0.15) is 18.4 Å². The molecule has 0 atom stereocenters. The van der Waals surface area contributed by atoms with Crippen molar-refractivity contribution in [2.24, 2.45) is 0 Å². The van der Waals surface area contributed by atoms with Gasteiger partial charge in [0.15, 0.2) is 0 Å². The highest BCUT2D eigenvalue weighted by Gasteiger charge is 2.35. The molecule has 4 nitrogen and oxygen atoms in total. The highest BCUT2D eigenvalue weighted by atomic mass is 79.9. The Kier molecular flexibility index (Phi) is 5.76. The maximum absolute atomic E-state index is 12.7. The van der Waals surface area contributed by atoms with E-state index >= 15 is 0 Å². The Morgan fingerprint density at radius 1 is 1.18 bits per heavy atom. The second kappa shape index (κ2) is 8.27. The van der Waals surface area contributed by atoms with E-state index in [0.29, 0.717) is 24.8 Å². The third-order valence-electron chi connectivity index (χ3n) is 5.56. The largest absolute Gasteiger partial charge is 0.381 e. The molecule has 1 saturated heterocycles. The van der Waals surface area contributed by atoms with Gasteiger partial charge in [-0.05, 0) is 54.1 Å². The number of carbonyl (C=O) groups is 1. The zero-order valence-corrected chi connectivity index (χ0v) is 17.8. The van der Waals surface area contributed by atoms with Gasteiger partial charge < -0.3 is 14.6 Å². The number of benzene rings is 2. The van der Waals surface area contributed by atoms with E-state index in [2.05, 4.69) is 33.4 Å². The highest BCUT2D eigenvalue weighted by molar-refractivity contribution is 9.10. The van der Waals surface area contributed by atoms with Gasteiger partial charge in [-0.3, -0.25) is 4.79 Å². The minimum Gasteiger partial charge on any atom is -0.381 e. The van der Waals surface area contributed by atoms with Gasteiger partial charge in [0.25, 0.3) is 0 Å². The number of carbonyl (C=O) groups excluding carboxylic acids is 1.